The fourth-order valence-corrected chi connectivity index (χ4v) is 2.42. The maximum atomic E-state index is 12.4. The Kier molecular flexibility index (Phi) is 4.54. The molecule has 1 aromatic carbocycles. The smallest absolute Gasteiger partial charge is 0.414 e. The number of fused-ring (bicyclic) bond motifs is 1. The summed E-state index contributed by atoms with van der Waals surface area (Å²) >= 11 is 0. The fraction of sp³-hybridized carbons (Fsp3) is 0.562. The highest BCUT2D eigenvalue weighted by molar-refractivity contribution is 5.91. The minimum atomic E-state index is -0.476. The topological polar surface area (TPSA) is 44.8 Å². The van der Waals surface area contributed by atoms with Crippen LogP contribution in [-0.4, -0.2) is 37.3 Å². The minimum absolute atomic E-state index is 0.265. The summed E-state index contributed by atoms with van der Waals surface area (Å²) < 4.78 is 5.52. The summed E-state index contributed by atoms with van der Waals surface area (Å²) in [4.78, 5) is 14.1. The summed E-state index contributed by atoms with van der Waals surface area (Å²) in [5, 5.41) is 1.91. The molecule has 0 aromatic heterocycles. The molecule has 0 fully saturated rings. The van der Waals surface area contributed by atoms with E-state index in [-0.39, 0.29) is 6.09 Å². The number of nitrogens with one attached hydrogen (secondary N) is 1. The zero-order valence-corrected chi connectivity index (χ0v) is 13.6. The molecule has 21 heavy (non-hydrogen) atoms. The fourth-order valence-electron chi connectivity index (χ4n) is 2.42. The van der Waals surface area contributed by atoms with Gasteiger partial charge in [0.1, 0.15) is 5.60 Å². The van der Waals surface area contributed by atoms with Crippen molar-refractivity contribution in [2.24, 2.45) is 0 Å². The van der Waals surface area contributed by atoms with E-state index in [0.29, 0.717) is 13.1 Å². The van der Waals surface area contributed by atoms with Gasteiger partial charge in [-0.1, -0.05) is 18.2 Å². The zero-order chi connectivity index (χ0) is 15.6. The summed E-state index contributed by atoms with van der Waals surface area (Å²) in [7, 11) is 3.91. The Balaban J connectivity index is 2.23. The van der Waals surface area contributed by atoms with E-state index in [2.05, 4.69) is 17.6 Å². The highest BCUT2D eigenvalue weighted by Gasteiger charge is 2.30. The third-order valence-electron chi connectivity index (χ3n) is 3.28. The van der Waals surface area contributed by atoms with Gasteiger partial charge in [-0.2, -0.15) is 0 Å². The molecular weight excluding hydrogens is 266 g/mol. The van der Waals surface area contributed by atoms with Crippen molar-refractivity contribution in [2.75, 3.05) is 25.5 Å². The van der Waals surface area contributed by atoms with Gasteiger partial charge in [0.2, 0.25) is 0 Å². The molecule has 0 unspecified atom stereocenters. The molecule has 0 saturated carbocycles. The second kappa shape index (κ2) is 6.03. The largest absolute Gasteiger partial charge is 0.443 e. The lowest BCUT2D eigenvalue weighted by atomic mass is 10.1. The standard InChI is InChI=1S/C16H25N3O2/c1-16(2,3)21-15(20)19-10-9-12-7-6-8-13(14(12)19)11-17-18(4)5/h6-8,17H,9-11H2,1-5H3. The molecule has 1 N–H and O–H groups in total. The highest BCUT2D eigenvalue weighted by atomic mass is 16.6. The normalized spacial score (nSPS) is 14.5. The van der Waals surface area contributed by atoms with E-state index >= 15 is 0 Å². The Hall–Kier alpha value is -1.59. The Morgan fingerprint density at radius 2 is 2.10 bits per heavy atom. The van der Waals surface area contributed by atoms with Crippen LogP contribution in [0.15, 0.2) is 18.2 Å². The lowest BCUT2D eigenvalue weighted by Crippen LogP contribution is -2.36. The number of para-hydroxylation sites is 1. The Bertz CT molecular complexity index is 521. The summed E-state index contributed by atoms with van der Waals surface area (Å²) in [6, 6.07) is 6.18. The number of hydrazine groups is 1. The van der Waals surface area contributed by atoms with Crippen molar-refractivity contribution in [3.8, 4) is 0 Å². The van der Waals surface area contributed by atoms with Gasteiger partial charge in [0.15, 0.2) is 0 Å². The van der Waals surface area contributed by atoms with Gasteiger partial charge in [0, 0.05) is 27.2 Å². The van der Waals surface area contributed by atoms with Crippen LogP contribution in [0.4, 0.5) is 10.5 Å². The van der Waals surface area contributed by atoms with Crippen LogP contribution in [0.3, 0.4) is 0 Å². The second-order valence-electron chi connectivity index (χ2n) is 6.54. The van der Waals surface area contributed by atoms with Gasteiger partial charge in [-0.05, 0) is 38.3 Å². The molecule has 116 valence electrons. The van der Waals surface area contributed by atoms with E-state index in [4.69, 9.17) is 4.74 Å². The van der Waals surface area contributed by atoms with Gasteiger partial charge in [-0.15, -0.1) is 0 Å². The van der Waals surface area contributed by atoms with Crippen LogP contribution < -0.4 is 10.3 Å². The number of nitrogens with zero attached hydrogens (tertiary/aromatic N) is 2. The number of carbonyl (C=O) groups excluding carboxylic acids is 1. The molecule has 1 amide bonds. The van der Waals surface area contributed by atoms with Gasteiger partial charge >= 0.3 is 6.09 Å². The van der Waals surface area contributed by atoms with Crippen molar-refractivity contribution >= 4 is 11.8 Å². The Morgan fingerprint density at radius 1 is 1.38 bits per heavy atom. The van der Waals surface area contributed by atoms with Crippen LogP contribution in [0, 0.1) is 0 Å². The van der Waals surface area contributed by atoms with Crippen LogP contribution >= 0.6 is 0 Å². The summed E-state index contributed by atoms with van der Waals surface area (Å²) in [5.74, 6) is 0. The number of rotatable bonds is 3. The van der Waals surface area contributed by atoms with Gasteiger partial charge in [0.05, 0.1) is 5.69 Å². The molecule has 1 aliphatic rings. The molecule has 0 saturated heterocycles. The predicted molar refractivity (Wildman–Crippen MR) is 84.3 cm³/mol. The molecule has 0 aliphatic carbocycles. The predicted octanol–water partition coefficient (Wildman–Crippen LogP) is 2.55. The van der Waals surface area contributed by atoms with Gasteiger partial charge in [0.25, 0.3) is 0 Å². The van der Waals surface area contributed by atoms with Gasteiger partial charge < -0.3 is 4.74 Å². The molecule has 2 rings (SSSR count). The van der Waals surface area contributed by atoms with Crippen LogP contribution in [0.1, 0.15) is 31.9 Å². The van der Waals surface area contributed by atoms with E-state index in [1.54, 1.807) is 4.90 Å². The summed E-state index contributed by atoms with van der Waals surface area (Å²) in [5.41, 5.74) is 6.10. The summed E-state index contributed by atoms with van der Waals surface area (Å²) in [6.45, 7) is 7.04. The average molecular weight is 291 g/mol. The number of ether oxygens (including phenoxy) is 1. The number of hydrogen-bond donors (Lipinski definition) is 1. The molecule has 0 radical (unpaired) electrons. The monoisotopic (exact) mass is 291 g/mol. The molecule has 1 aromatic rings. The van der Waals surface area contributed by atoms with Crippen molar-refractivity contribution in [2.45, 2.75) is 39.3 Å². The van der Waals surface area contributed by atoms with Crippen molar-refractivity contribution in [3.63, 3.8) is 0 Å². The van der Waals surface area contributed by atoms with Crippen molar-refractivity contribution in [3.05, 3.63) is 29.3 Å². The molecule has 1 heterocycles. The summed E-state index contributed by atoms with van der Waals surface area (Å²) in [6.07, 6.45) is 0.614. The number of carbonyl (C=O) groups is 1. The van der Waals surface area contributed by atoms with Crippen LogP contribution in [-0.2, 0) is 17.7 Å². The third-order valence-corrected chi connectivity index (χ3v) is 3.28. The van der Waals surface area contributed by atoms with E-state index in [9.17, 15) is 4.79 Å². The Labute approximate surface area is 126 Å². The van der Waals surface area contributed by atoms with E-state index in [0.717, 1.165) is 17.7 Å². The average Bonchev–Trinajstić information content (AvgIpc) is 2.78. The molecule has 5 nitrogen and oxygen atoms in total. The molecular formula is C16H25N3O2. The third kappa shape index (κ3) is 3.95. The minimum Gasteiger partial charge on any atom is -0.443 e. The van der Waals surface area contributed by atoms with Crippen LogP contribution in [0.5, 0.6) is 0 Å². The number of anilines is 1. The van der Waals surface area contributed by atoms with Crippen molar-refractivity contribution in [1.82, 2.24) is 10.4 Å². The van der Waals surface area contributed by atoms with Crippen molar-refractivity contribution in [1.29, 1.82) is 0 Å². The number of hydrogen-bond acceptors (Lipinski definition) is 4. The van der Waals surface area contributed by atoms with Crippen LogP contribution in [0.25, 0.3) is 0 Å². The van der Waals surface area contributed by atoms with Gasteiger partial charge in [-0.3, -0.25) is 15.3 Å². The second-order valence-corrected chi connectivity index (χ2v) is 6.54. The number of amides is 1. The molecule has 1 aliphatic heterocycles. The first-order valence-electron chi connectivity index (χ1n) is 7.30. The Morgan fingerprint density at radius 3 is 2.71 bits per heavy atom. The van der Waals surface area contributed by atoms with E-state index < -0.39 is 5.60 Å². The van der Waals surface area contributed by atoms with Crippen LogP contribution in [0.2, 0.25) is 0 Å². The lowest BCUT2D eigenvalue weighted by molar-refractivity contribution is 0.0583. The lowest BCUT2D eigenvalue weighted by Gasteiger charge is -2.26. The maximum absolute atomic E-state index is 12.4. The first-order valence-corrected chi connectivity index (χ1v) is 7.30. The molecule has 0 spiro atoms. The maximum Gasteiger partial charge on any atom is 0.414 e. The molecule has 0 atom stereocenters. The first kappa shape index (κ1) is 15.8. The van der Waals surface area contributed by atoms with E-state index in [1.807, 2.05) is 45.9 Å². The number of benzene rings is 1. The molecule has 5 heteroatoms. The van der Waals surface area contributed by atoms with E-state index in [1.165, 1.54) is 5.56 Å². The zero-order valence-electron chi connectivity index (χ0n) is 13.6. The van der Waals surface area contributed by atoms with Crippen molar-refractivity contribution < 1.29 is 9.53 Å². The highest BCUT2D eigenvalue weighted by Crippen LogP contribution is 2.33. The molecule has 0 bridgehead atoms. The quantitative estimate of drug-likeness (QED) is 0.869. The first-order chi connectivity index (χ1) is 9.78. The SMILES string of the molecule is CN(C)NCc1cccc2c1N(C(=O)OC(C)(C)C)CC2. The van der Waals surface area contributed by atoms with Gasteiger partial charge in [-0.25, -0.2) is 4.79 Å².